The van der Waals surface area contributed by atoms with Gasteiger partial charge in [0.15, 0.2) is 0 Å². The Morgan fingerprint density at radius 2 is 0.697 bits per heavy atom. The van der Waals surface area contributed by atoms with E-state index in [1.807, 2.05) is 12.1 Å². The van der Waals surface area contributed by atoms with E-state index in [2.05, 4.69) is 129 Å². The normalized spacial score (nSPS) is 11.8. The quantitative estimate of drug-likeness (QED) is 0.176. The molecule has 6 aromatic rings. The van der Waals surface area contributed by atoms with Gasteiger partial charge in [0.25, 0.3) is 0 Å². The summed E-state index contributed by atoms with van der Waals surface area (Å²) in [6.45, 7) is 0. The van der Waals surface area contributed by atoms with Crippen LogP contribution in [0.2, 0.25) is 0 Å². The third-order valence-corrected chi connectivity index (χ3v) is 8.25. The lowest BCUT2D eigenvalue weighted by molar-refractivity contribution is 1.28. The fourth-order valence-electron chi connectivity index (χ4n) is 4.76. The summed E-state index contributed by atoms with van der Waals surface area (Å²) in [5.41, 5.74) is 5.74. The summed E-state index contributed by atoms with van der Waals surface area (Å²) in [5, 5.41) is 7.86. The number of hydrogen-bond donors (Lipinski definition) is 0. The van der Waals surface area contributed by atoms with Gasteiger partial charge in [-0.3, -0.25) is 0 Å². The number of halogens is 2. The van der Waals surface area contributed by atoms with Gasteiger partial charge in [-0.15, -0.1) is 0 Å². The Hall–Kier alpha value is -2.94. The Labute approximate surface area is 210 Å². The van der Waals surface area contributed by atoms with Gasteiger partial charge in [0.2, 0.25) is 0 Å². The summed E-state index contributed by atoms with van der Waals surface area (Å²) in [5.74, 6) is 0. The summed E-state index contributed by atoms with van der Waals surface area (Å²) in [4.78, 5) is 0. The zero-order valence-electron chi connectivity index (χ0n) is 17.9. The summed E-state index contributed by atoms with van der Waals surface area (Å²) in [7, 11) is 0. The van der Waals surface area contributed by atoms with Crippen LogP contribution < -0.4 is 0 Å². The van der Waals surface area contributed by atoms with Gasteiger partial charge in [0.05, 0.1) is 0 Å². The van der Waals surface area contributed by atoms with E-state index in [1.165, 1.54) is 54.6 Å². The van der Waals surface area contributed by atoms with Crippen molar-refractivity contribution in [3.8, 4) is 11.1 Å². The maximum atomic E-state index is 3.47. The van der Waals surface area contributed by atoms with Gasteiger partial charge >= 0.3 is 0 Å². The van der Waals surface area contributed by atoms with Crippen LogP contribution in [0.3, 0.4) is 0 Å². The Kier molecular flexibility index (Phi) is 5.28. The van der Waals surface area contributed by atoms with Gasteiger partial charge < -0.3 is 0 Å². The zero-order chi connectivity index (χ0) is 22.4. The fourth-order valence-corrected chi connectivity index (χ4v) is 5.48. The summed E-state index contributed by atoms with van der Waals surface area (Å²) >= 11 is 6.94. The SMILES string of the molecule is Brc1cc2ccccc2cc1Br.c1ccc2cc3c(cc2c1)Cc1cc2ccccc2cc1-3. The van der Waals surface area contributed by atoms with Crippen LogP contribution >= 0.6 is 31.9 Å². The highest BCUT2D eigenvalue weighted by Gasteiger charge is 2.19. The molecule has 0 unspecified atom stereocenters. The van der Waals surface area contributed by atoms with Crippen LogP contribution in [-0.2, 0) is 6.42 Å². The van der Waals surface area contributed by atoms with Crippen LogP contribution in [0.5, 0.6) is 0 Å². The minimum atomic E-state index is 1.06. The molecule has 0 aromatic heterocycles. The highest BCUT2D eigenvalue weighted by Crippen LogP contribution is 2.40. The molecule has 2 heteroatoms. The van der Waals surface area contributed by atoms with Gasteiger partial charge in [-0.25, -0.2) is 0 Å². The van der Waals surface area contributed by atoms with Crippen LogP contribution in [0.1, 0.15) is 11.1 Å². The second kappa shape index (κ2) is 8.44. The second-order valence-corrected chi connectivity index (χ2v) is 10.2. The lowest BCUT2D eigenvalue weighted by Crippen LogP contribution is -1.81. The van der Waals surface area contributed by atoms with Crippen LogP contribution in [0.25, 0.3) is 43.4 Å². The standard InChI is InChI=1S/C21H14.C10H6Br2/c1-3-7-16-12-20-18(9-14(16)5-1)11-19-10-15-6-2-4-8-17(15)13-21(19)20;11-9-5-7-3-1-2-4-8(7)6-10(9)12/h1-10,12-13H,11H2;1-6H. The average Bonchev–Trinajstić information content (AvgIpc) is 3.18. The van der Waals surface area contributed by atoms with Crippen molar-refractivity contribution in [2.45, 2.75) is 6.42 Å². The van der Waals surface area contributed by atoms with E-state index in [0.717, 1.165) is 15.4 Å². The van der Waals surface area contributed by atoms with Gasteiger partial charge in [-0.2, -0.15) is 0 Å². The first-order valence-electron chi connectivity index (χ1n) is 11.0. The van der Waals surface area contributed by atoms with E-state index in [-0.39, 0.29) is 0 Å². The van der Waals surface area contributed by atoms with Gasteiger partial charge in [0.1, 0.15) is 0 Å². The van der Waals surface area contributed by atoms with E-state index in [9.17, 15) is 0 Å². The highest BCUT2D eigenvalue weighted by atomic mass is 79.9. The van der Waals surface area contributed by atoms with Crippen molar-refractivity contribution >= 4 is 64.2 Å². The molecule has 1 aliphatic rings. The summed E-state index contributed by atoms with van der Waals surface area (Å²) < 4.78 is 2.20. The molecule has 0 amide bonds. The van der Waals surface area contributed by atoms with E-state index >= 15 is 0 Å². The maximum Gasteiger partial charge on any atom is 0.0323 e. The van der Waals surface area contributed by atoms with Gasteiger partial charge in [-0.1, -0.05) is 84.9 Å². The van der Waals surface area contributed by atoms with Crippen LogP contribution in [0, 0.1) is 0 Å². The van der Waals surface area contributed by atoms with Crippen LogP contribution in [0.15, 0.2) is 118 Å². The van der Waals surface area contributed by atoms with Crippen molar-refractivity contribution in [2.75, 3.05) is 0 Å². The fraction of sp³-hybridized carbons (Fsp3) is 0.0323. The molecule has 0 saturated carbocycles. The van der Waals surface area contributed by atoms with Crippen molar-refractivity contribution in [2.24, 2.45) is 0 Å². The molecule has 0 fully saturated rings. The molecule has 0 saturated heterocycles. The molecule has 0 aliphatic heterocycles. The molecule has 0 bridgehead atoms. The third-order valence-electron chi connectivity index (χ3n) is 6.40. The van der Waals surface area contributed by atoms with Crippen molar-refractivity contribution in [3.63, 3.8) is 0 Å². The van der Waals surface area contributed by atoms with Crippen molar-refractivity contribution in [3.05, 3.63) is 129 Å². The first-order valence-corrected chi connectivity index (χ1v) is 12.6. The minimum absolute atomic E-state index is 1.06. The topological polar surface area (TPSA) is 0 Å². The van der Waals surface area contributed by atoms with E-state index < -0.39 is 0 Å². The van der Waals surface area contributed by atoms with E-state index in [4.69, 9.17) is 0 Å². The molecule has 0 atom stereocenters. The number of benzene rings is 6. The molecular weight excluding hydrogens is 532 g/mol. The highest BCUT2D eigenvalue weighted by molar-refractivity contribution is 9.13. The Bertz CT molecular complexity index is 1540. The molecule has 0 N–H and O–H groups in total. The molecule has 1 aliphatic carbocycles. The molecule has 0 radical (unpaired) electrons. The molecule has 33 heavy (non-hydrogen) atoms. The zero-order valence-corrected chi connectivity index (χ0v) is 21.0. The average molecular weight is 552 g/mol. The number of fused-ring (bicyclic) bond motifs is 6. The molecular formula is C31H20Br2. The maximum absolute atomic E-state index is 3.47. The molecule has 0 nitrogen and oxygen atoms in total. The monoisotopic (exact) mass is 550 g/mol. The Balaban J connectivity index is 0.000000147. The predicted octanol–water partition coefficient (Wildman–Crippen LogP) is 9.93. The minimum Gasteiger partial charge on any atom is -0.0616 e. The second-order valence-electron chi connectivity index (χ2n) is 8.50. The molecule has 0 spiro atoms. The summed E-state index contributed by atoms with van der Waals surface area (Å²) in [6, 6.07) is 39.2. The smallest absolute Gasteiger partial charge is 0.0323 e. The number of rotatable bonds is 0. The van der Waals surface area contributed by atoms with Crippen molar-refractivity contribution in [1.29, 1.82) is 0 Å². The Morgan fingerprint density at radius 3 is 1.06 bits per heavy atom. The molecule has 7 rings (SSSR count). The van der Waals surface area contributed by atoms with Crippen molar-refractivity contribution < 1.29 is 0 Å². The first-order chi connectivity index (χ1) is 16.2. The lowest BCUT2D eigenvalue weighted by atomic mass is 9.99. The summed E-state index contributed by atoms with van der Waals surface area (Å²) in [6.07, 6.45) is 1.06. The molecule has 158 valence electrons. The van der Waals surface area contributed by atoms with Crippen molar-refractivity contribution in [1.82, 2.24) is 0 Å². The van der Waals surface area contributed by atoms with E-state index in [1.54, 1.807) is 0 Å². The largest absolute Gasteiger partial charge is 0.0616 e. The van der Waals surface area contributed by atoms with Gasteiger partial charge in [0, 0.05) is 8.95 Å². The van der Waals surface area contributed by atoms with Crippen LogP contribution in [0.4, 0.5) is 0 Å². The predicted molar refractivity (Wildman–Crippen MR) is 149 cm³/mol. The molecule has 0 heterocycles. The molecule has 6 aromatic carbocycles. The van der Waals surface area contributed by atoms with Crippen LogP contribution in [-0.4, -0.2) is 0 Å². The van der Waals surface area contributed by atoms with E-state index in [0.29, 0.717) is 0 Å². The number of hydrogen-bond acceptors (Lipinski definition) is 0. The van der Waals surface area contributed by atoms with Gasteiger partial charge in [-0.05, 0) is 117 Å². The first kappa shape index (κ1) is 20.7. The third kappa shape index (κ3) is 3.88. The lowest BCUT2D eigenvalue weighted by Gasteiger charge is -2.05. The Morgan fingerprint density at radius 1 is 0.394 bits per heavy atom.